The van der Waals surface area contributed by atoms with E-state index in [2.05, 4.69) is 16.9 Å². The largest absolute Gasteiger partial charge is 0.392 e. The van der Waals surface area contributed by atoms with Gasteiger partial charge in [-0.05, 0) is 6.42 Å². The lowest BCUT2D eigenvalue weighted by atomic mass is 10.3. The van der Waals surface area contributed by atoms with Crippen molar-refractivity contribution in [3.05, 3.63) is 18.0 Å². The van der Waals surface area contributed by atoms with E-state index in [0.29, 0.717) is 0 Å². The first-order valence-corrected chi connectivity index (χ1v) is 4.90. The second-order valence-corrected chi connectivity index (χ2v) is 3.32. The first kappa shape index (κ1) is 10.9. The molecule has 0 aliphatic carbocycles. The van der Waals surface area contributed by atoms with Crippen LogP contribution in [0.15, 0.2) is 12.4 Å². The smallest absolute Gasteiger partial charge is 0.224 e. The fourth-order valence-corrected chi connectivity index (χ4v) is 1.12. The van der Waals surface area contributed by atoms with Crippen molar-refractivity contribution >= 4 is 5.95 Å². The van der Waals surface area contributed by atoms with E-state index in [4.69, 9.17) is 5.11 Å². The molecule has 0 saturated heterocycles. The number of anilines is 1. The summed E-state index contributed by atoms with van der Waals surface area (Å²) in [5, 5.41) is 8.81. The predicted molar refractivity (Wildman–Crippen MR) is 56.1 cm³/mol. The highest BCUT2D eigenvalue weighted by Crippen LogP contribution is 2.05. The molecular weight excluding hydrogens is 178 g/mol. The van der Waals surface area contributed by atoms with Crippen molar-refractivity contribution in [2.45, 2.75) is 26.4 Å². The third-order valence-corrected chi connectivity index (χ3v) is 2.06. The van der Waals surface area contributed by atoms with Crippen molar-refractivity contribution in [3.63, 3.8) is 0 Å². The molecule has 1 heterocycles. The van der Waals surface area contributed by atoms with Gasteiger partial charge in [0.15, 0.2) is 0 Å². The minimum Gasteiger partial charge on any atom is -0.392 e. The number of unbranched alkanes of at least 4 members (excludes halogenated alkanes) is 1. The molecule has 0 aromatic carbocycles. The Morgan fingerprint density at radius 2 is 2.00 bits per heavy atom. The molecule has 0 saturated carbocycles. The maximum Gasteiger partial charge on any atom is 0.224 e. The van der Waals surface area contributed by atoms with E-state index in [0.717, 1.165) is 24.5 Å². The fourth-order valence-electron chi connectivity index (χ4n) is 1.12. The Balaban J connectivity index is 2.57. The van der Waals surface area contributed by atoms with Gasteiger partial charge in [-0.3, -0.25) is 0 Å². The van der Waals surface area contributed by atoms with Gasteiger partial charge in [0, 0.05) is 31.5 Å². The molecule has 78 valence electrons. The molecule has 1 N–H and O–H groups in total. The van der Waals surface area contributed by atoms with E-state index in [1.54, 1.807) is 12.4 Å². The SMILES string of the molecule is CCCCN(C)c1ncc(CO)cn1. The number of aliphatic hydroxyl groups excluding tert-OH is 1. The van der Waals surface area contributed by atoms with Gasteiger partial charge in [0.1, 0.15) is 0 Å². The molecule has 0 amide bonds. The molecule has 0 aliphatic rings. The van der Waals surface area contributed by atoms with Crippen molar-refractivity contribution in [3.8, 4) is 0 Å². The quantitative estimate of drug-likeness (QED) is 0.767. The summed E-state index contributed by atoms with van der Waals surface area (Å²) in [6.07, 6.45) is 5.62. The molecule has 4 nitrogen and oxygen atoms in total. The summed E-state index contributed by atoms with van der Waals surface area (Å²) in [6.45, 7) is 3.12. The Morgan fingerprint density at radius 3 is 2.50 bits per heavy atom. The molecule has 1 rings (SSSR count). The summed E-state index contributed by atoms with van der Waals surface area (Å²) in [4.78, 5) is 10.3. The van der Waals surface area contributed by atoms with Gasteiger partial charge in [0.2, 0.25) is 5.95 Å². The Kier molecular flexibility index (Phi) is 4.32. The van der Waals surface area contributed by atoms with Gasteiger partial charge in [-0.25, -0.2) is 9.97 Å². The van der Waals surface area contributed by atoms with Gasteiger partial charge in [0.25, 0.3) is 0 Å². The zero-order chi connectivity index (χ0) is 10.4. The standard InChI is InChI=1S/C10H17N3O/c1-3-4-5-13(2)10-11-6-9(8-14)7-12-10/h6-7,14H,3-5,8H2,1-2H3. The summed E-state index contributed by atoms with van der Waals surface area (Å²) in [7, 11) is 1.98. The minimum absolute atomic E-state index is 0.00104. The first-order chi connectivity index (χ1) is 6.77. The zero-order valence-corrected chi connectivity index (χ0v) is 8.77. The van der Waals surface area contributed by atoms with Crippen molar-refractivity contribution in [2.75, 3.05) is 18.5 Å². The van der Waals surface area contributed by atoms with E-state index in [1.807, 2.05) is 11.9 Å². The minimum atomic E-state index is -0.00104. The highest BCUT2D eigenvalue weighted by Gasteiger charge is 2.02. The number of hydrogen-bond donors (Lipinski definition) is 1. The van der Waals surface area contributed by atoms with Crippen molar-refractivity contribution in [1.82, 2.24) is 9.97 Å². The third-order valence-electron chi connectivity index (χ3n) is 2.06. The number of hydrogen-bond acceptors (Lipinski definition) is 4. The van der Waals surface area contributed by atoms with Crippen LogP contribution in [0.5, 0.6) is 0 Å². The summed E-state index contributed by atoms with van der Waals surface area (Å²) in [5.74, 6) is 0.718. The van der Waals surface area contributed by atoms with E-state index in [-0.39, 0.29) is 6.61 Å². The van der Waals surface area contributed by atoms with Gasteiger partial charge in [-0.2, -0.15) is 0 Å². The van der Waals surface area contributed by atoms with Crippen LogP contribution >= 0.6 is 0 Å². The lowest BCUT2D eigenvalue weighted by Crippen LogP contribution is -2.20. The predicted octanol–water partition coefficient (Wildman–Crippen LogP) is 1.21. The topological polar surface area (TPSA) is 49.2 Å². The summed E-state index contributed by atoms with van der Waals surface area (Å²) in [5.41, 5.74) is 0.748. The number of aromatic nitrogens is 2. The van der Waals surface area contributed by atoms with Crippen LogP contribution < -0.4 is 4.90 Å². The van der Waals surface area contributed by atoms with E-state index in [9.17, 15) is 0 Å². The molecule has 0 bridgehead atoms. The van der Waals surface area contributed by atoms with E-state index in [1.165, 1.54) is 6.42 Å². The lowest BCUT2D eigenvalue weighted by molar-refractivity contribution is 0.281. The molecule has 0 fully saturated rings. The van der Waals surface area contributed by atoms with Crippen LogP contribution in [0.4, 0.5) is 5.95 Å². The average molecular weight is 195 g/mol. The van der Waals surface area contributed by atoms with Gasteiger partial charge >= 0.3 is 0 Å². The Hall–Kier alpha value is -1.16. The second-order valence-electron chi connectivity index (χ2n) is 3.32. The average Bonchev–Trinajstić information content (AvgIpc) is 2.26. The molecule has 0 radical (unpaired) electrons. The molecule has 0 unspecified atom stereocenters. The lowest BCUT2D eigenvalue weighted by Gasteiger charge is -2.15. The first-order valence-electron chi connectivity index (χ1n) is 4.90. The van der Waals surface area contributed by atoms with Gasteiger partial charge in [-0.1, -0.05) is 13.3 Å². The molecule has 0 spiro atoms. The van der Waals surface area contributed by atoms with Crippen molar-refractivity contribution < 1.29 is 5.11 Å². The number of aliphatic hydroxyl groups is 1. The molecule has 1 aromatic heterocycles. The monoisotopic (exact) mass is 195 g/mol. The van der Waals surface area contributed by atoms with Crippen LogP contribution in [0, 0.1) is 0 Å². The van der Waals surface area contributed by atoms with Crippen molar-refractivity contribution in [1.29, 1.82) is 0 Å². The Bertz CT molecular complexity index is 261. The van der Waals surface area contributed by atoms with Crippen LogP contribution in [-0.4, -0.2) is 28.7 Å². The van der Waals surface area contributed by atoms with Crippen molar-refractivity contribution in [2.24, 2.45) is 0 Å². The number of nitrogens with zero attached hydrogens (tertiary/aromatic N) is 3. The molecule has 0 atom stereocenters. The molecule has 1 aromatic rings. The number of rotatable bonds is 5. The van der Waals surface area contributed by atoms with Crippen LogP contribution in [0.3, 0.4) is 0 Å². The van der Waals surface area contributed by atoms with Gasteiger partial charge < -0.3 is 10.0 Å². The highest BCUT2D eigenvalue weighted by molar-refractivity contribution is 5.27. The normalized spacial score (nSPS) is 10.2. The van der Waals surface area contributed by atoms with Crippen LogP contribution in [0.1, 0.15) is 25.3 Å². The van der Waals surface area contributed by atoms with E-state index < -0.39 is 0 Å². The second kappa shape index (κ2) is 5.54. The van der Waals surface area contributed by atoms with E-state index >= 15 is 0 Å². The Morgan fingerprint density at radius 1 is 1.36 bits per heavy atom. The molecular formula is C10H17N3O. The highest BCUT2D eigenvalue weighted by atomic mass is 16.3. The van der Waals surface area contributed by atoms with Crippen LogP contribution in [-0.2, 0) is 6.61 Å². The van der Waals surface area contributed by atoms with Gasteiger partial charge in [0.05, 0.1) is 6.61 Å². The molecule has 14 heavy (non-hydrogen) atoms. The summed E-state index contributed by atoms with van der Waals surface area (Å²) in [6, 6.07) is 0. The maximum absolute atomic E-state index is 8.81. The Labute approximate surface area is 84.6 Å². The van der Waals surface area contributed by atoms with Gasteiger partial charge in [-0.15, -0.1) is 0 Å². The molecule has 0 aliphatic heterocycles. The molecule has 4 heteroatoms. The van der Waals surface area contributed by atoms with Crippen LogP contribution in [0.2, 0.25) is 0 Å². The summed E-state index contributed by atoms with van der Waals surface area (Å²) >= 11 is 0. The fraction of sp³-hybridized carbons (Fsp3) is 0.600. The summed E-state index contributed by atoms with van der Waals surface area (Å²) < 4.78 is 0. The van der Waals surface area contributed by atoms with Crippen LogP contribution in [0.25, 0.3) is 0 Å². The zero-order valence-electron chi connectivity index (χ0n) is 8.77. The maximum atomic E-state index is 8.81. The third kappa shape index (κ3) is 2.96.